The zero-order valence-corrected chi connectivity index (χ0v) is 14.2. The van der Waals surface area contributed by atoms with Crippen molar-refractivity contribution >= 4 is 23.2 Å². The van der Waals surface area contributed by atoms with Crippen molar-refractivity contribution in [3.8, 4) is 0 Å². The number of rotatable bonds is 7. The number of amides is 2. The molecule has 0 bridgehead atoms. The van der Waals surface area contributed by atoms with E-state index in [4.69, 9.17) is 0 Å². The first-order chi connectivity index (χ1) is 11.8. The van der Waals surface area contributed by atoms with E-state index < -0.39 is 4.92 Å². The van der Waals surface area contributed by atoms with Gasteiger partial charge in [-0.05, 0) is 6.92 Å². The summed E-state index contributed by atoms with van der Waals surface area (Å²) in [5.41, 5.74) is 0.496. The summed E-state index contributed by atoms with van der Waals surface area (Å²) in [5, 5.41) is 21.2. The quantitative estimate of drug-likeness (QED) is 0.580. The maximum Gasteiger partial charge on any atom is 0.306 e. The van der Waals surface area contributed by atoms with E-state index in [0.717, 1.165) is 6.20 Å². The second-order valence-electron chi connectivity index (χ2n) is 5.44. The summed E-state index contributed by atoms with van der Waals surface area (Å²) >= 11 is 0. The fraction of sp³-hybridized carbons (Fsp3) is 0.429. The first-order valence-electron chi connectivity index (χ1n) is 7.57. The Kier molecular flexibility index (Phi) is 5.47. The molecule has 0 aliphatic heterocycles. The molecule has 0 radical (unpaired) electrons. The minimum atomic E-state index is -0.554. The Balaban J connectivity index is 2.04. The molecule has 11 nitrogen and oxygen atoms in total. The minimum absolute atomic E-state index is 0.0474. The highest BCUT2D eigenvalue weighted by molar-refractivity contribution is 6.02. The maximum atomic E-state index is 12.3. The summed E-state index contributed by atoms with van der Waals surface area (Å²) < 4.78 is 2.83. The van der Waals surface area contributed by atoms with E-state index in [2.05, 4.69) is 15.5 Å². The van der Waals surface area contributed by atoms with Gasteiger partial charge < -0.3 is 10.2 Å². The SMILES string of the molecule is CCn1ncc(NC(=O)CCn2cc([N+](=O)[O-])cn2)c1C(=O)N(C)C. The largest absolute Gasteiger partial charge is 0.343 e. The van der Waals surface area contributed by atoms with Gasteiger partial charge in [0.1, 0.15) is 18.1 Å². The number of nitrogens with one attached hydrogen (secondary N) is 1. The number of aryl methyl sites for hydroxylation is 2. The van der Waals surface area contributed by atoms with Gasteiger partial charge in [-0.25, -0.2) is 0 Å². The first-order valence-corrected chi connectivity index (χ1v) is 7.57. The van der Waals surface area contributed by atoms with Gasteiger partial charge in [0.25, 0.3) is 5.91 Å². The van der Waals surface area contributed by atoms with Crippen molar-refractivity contribution in [3.05, 3.63) is 34.4 Å². The van der Waals surface area contributed by atoms with Gasteiger partial charge in [0.05, 0.1) is 16.8 Å². The van der Waals surface area contributed by atoms with Gasteiger partial charge in [-0.3, -0.25) is 29.1 Å². The molecule has 25 heavy (non-hydrogen) atoms. The van der Waals surface area contributed by atoms with Crippen molar-refractivity contribution in [2.45, 2.75) is 26.4 Å². The summed E-state index contributed by atoms with van der Waals surface area (Å²) in [7, 11) is 3.23. The zero-order chi connectivity index (χ0) is 18.6. The predicted molar refractivity (Wildman–Crippen MR) is 88.0 cm³/mol. The Morgan fingerprint density at radius 3 is 2.60 bits per heavy atom. The van der Waals surface area contributed by atoms with Gasteiger partial charge in [0.2, 0.25) is 5.91 Å². The molecule has 0 atom stereocenters. The van der Waals surface area contributed by atoms with Crippen LogP contribution in [0.3, 0.4) is 0 Å². The molecule has 0 spiro atoms. The lowest BCUT2D eigenvalue weighted by atomic mass is 10.3. The molecule has 0 unspecified atom stereocenters. The van der Waals surface area contributed by atoms with Crippen LogP contribution in [-0.4, -0.2) is 55.3 Å². The van der Waals surface area contributed by atoms with Crippen LogP contribution in [0, 0.1) is 10.1 Å². The van der Waals surface area contributed by atoms with Crippen LogP contribution in [0.1, 0.15) is 23.8 Å². The molecule has 0 saturated heterocycles. The van der Waals surface area contributed by atoms with Crippen LogP contribution >= 0.6 is 0 Å². The van der Waals surface area contributed by atoms with Gasteiger partial charge >= 0.3 is 5.69 Å². The van der Waals surface area contributed by atoms with Crippen LogP contribution in [0.4, 0.5) is 11.4 Å². The second kappa shape index (κ2) is 7.55. The molecule has 2 amide bonds. The lowest BCUT2D eigenvalue weighted by Crippen LogP contribution is -2.26. The fourth-order valence-electron chi connectivity index (χ4n) is 2.15. The highest BCUT2D eigenvalue weighted by Gasteiger charge is 2.21. The topological polar surface area (TPSA) is 128 Å². The zero-order valence-electron chi connectivity index (χ0n) is 14.2. The van der Waals surface area contributed by atoms with Crippen molar-refractivity contribution in [3.63, 3.8) is 0 Å². The molecule has 0 aliphatic carbocycles. The van der Waals surface area contributed by atoms with Crippen LogP contribution in [0.2, 0.25) is 0 Å². The molecular weight excluding hydrogens is 330 g/mol. The van der Waals surface area contributed by atoms with Crippen molar-refractivity contribution < 1.29 is 14.5 Å². The average Bonchev–Trinajstić information content (AvgIpc) is 3.18. The van der Waals surface area contributed by atoms with E-state index in [1.54, 1.807) is 14.1 Å². The predicted octanol–water partition coefficient (Wildman–Crippen LogP) is 0.738. The molecular formula is C14H19N7O4. The number of carbonyl (C=O) groups excluding carboxylic acids is 2. The molecule has 1 N–H and O–H groups in total. The smallest absolute Gasteiger partial charge is 0.306 e. The van der Waals surface area contributed by atoms with Gasteiger partial charge in [-0.15, -0.1) is 0 Å². The molecule has 2 rings (SSSR count). The van der Waals surface area contributed by atoms with Crippen LogP contribution < -0.4 is 5.32 Å². The summed E-state index contributed by atoms with van der Waals surface area (Å²) in [5.74, 6) is -0.612. The van der Waals surface area contributed by atoms with Crippen LogP contribution in [0.15, 0.2) is 18.6 Å². The summed E-state index contributed by atoms with van der Waals surface area (Å²) in [6.45, 7) is 2.51. The lowest BCUT2D eigenvalue weighted by molar-refractivity contribution is -0.385. The molecule has 0 fully saturated rings. The normalized spacial score (nSPS) is 10.5. The molecule has 11 heteroatoms. The third-order valence-corrected chi connectivity index (χ3v) is 3.42. The molecule has 2 aromatic rings. The van der Waals surface area contributed by atoms with Gasteiger partial charge in [0.15, 0.2) is 0 Å². The lowest BCUT2D eigenvalue weighted by Gasteiger charge is -2.13. The number of anilines is 1. The number of carbonyl (C=O) groups is 2. The Morgan fingerprint density at radius 1 is 1.32 bits per heavy atom. The van der Waals surface area contributed by atoms with Crippen molar-refractivity contribution in [2.24, 2.45) is 0 Å². The summed E-state index contributed by atoms with van der Waals surface area (Å²) in [6.07, 6.45) is 3.85. The van der Waals surface area contributed by atoms with Gasteiger partial charge in [-0.2, -0.15) is 10.2 Å². The van der Waals surface area contributed by atoms with E-state index >= 15 is 0 Å². The van der Waals surface area contributed by atoms with E-state index in [9.17, 15) is 19.7 Å². The van der Waals surface area contributed by atoms with Gasteiger partial charge in [0, 0.05) is 33.6 Å². The van der Waals surface area contributed by atoms with E-state index in [1.807, 2.05) is 6.92 Å². The van der Waals surface area contributed by atoms with E-state index in [0.29, 0.717) is 17.9 Å². The maximum absolute atomic E-state index is 12.3. The van der Waals surface area contributed by atoms with Crippen molar-refractivity contribution in [1.29, 1.82) is 0 Å². The third kappa shape index (κ3) is 4.19. The van der Waals surface area contributed by atoms with E-state index in [1.165, 1.54) is 26.7 Å². The molecule has 2 aromatic heterocycles. The average molecular weight is 349 g/mol. The molecule has 134 valence electrons. The van der Waals surface area contributed by atoms with Crippen molar-refractivity contribution in [2.75, 3.05) is 19.4 Å². The van der Waals surface area contributed by atoms with Crippen LogP contribution in [0.25, 0.3) is 0 Å². The molecule has 0 aliphatic rings. The third-order valence-electron chi connectivity index (χ3n) is 3.42. The monoisotopic (exact) mass is 349 g/mol. The number of nitrogens with zero attached hydrogens (tertiary/aromatic N) is 6. The molecule has 2 heterocycles. The fourth-order valence-corrected chi connectivity index (χ4v) is 2.15. The standard InChI is InChI=1S/C14H19N7O4/c1-4-20-13(14(23)18(2)3)11(8-16-20)17-12(22)5-6-19-9-10(7-15-19)21(24)25/h7-9H,4-6H2,1-3H3,(H,17,22). The van der Waals surface area contributed by atoms with E-state index in [-0.39, 0.29) is 30.5 Å². The first kappa shape index (κ1) is 18.1. The highest BCUT2D eigenvalue weighted by Crippen LogP contribution is 2.17. The number of nitro groups is 1. The Morgan fingerprint density at radius 2 is 2.04 bits per heavy atom. The van der Waals surface area contributed by atoms with Crippen molar-refractivity contribution in [1.82, 2.24) is 24.5 Å². The molecule has 0 aromatic carbocycles. The van der Waals surface area contributed by atoms with Gasteiger partial charge in [-0.1, -0.05) is 0 Å². The summed E-state index contributed by atoms with van der Waals surface area (Å²) in [6, 6.07) is 0. The number of hydrogen-bond acceptors (Lipinski definition) is 6. The number of hydrogen-bond donors (Lipinski definition) is 1. The Hall–Kier alpha value is -3.24. The Labute approximate surface area is 143 Å². The number of aromatic nitrogens is 4. The second-order valence-corrected chi connectivity index (χ2v) is 5.44. The Bertz CT molecular complexity index is 793. The van der Waals surface area contributed by atoms with Crippen LogP contribution in [0.5, 0.6) is 0 Å². The van der Waals surface area contributed by atoms with Crippen LogP contribution in [-0.2, 0) is 17.9 Å². The molecule has 0 saturated carbocycles. The minimum Gasteiger partial charge on any atom is -0.343 e. The highest BCUT2D eigenvalue weighted by atomic mass is 16.6. The summed E-state index contributed by atoms with van der Waals surface area (Å²) in [4.78, 5) is 35.8.